The Morgan fingerprint density at radius 3 is 2.96 bits per heavy atom. The molecule has 1 aromatic carbocycles. The first-order valence-corrected chi connectivity index (χ1v) is 7.75. The normalized spacial score (nSPS) is 18.8. The summed E-state index contributed by atoms with van der Waals surface area (Å²) in [5.41, 5.74) is 0.748. The van der Waals surface area contributed by atoms with Gasteiger partial charge in [-0.2, -0.15) is 4.98 Å². The van der Waals surface area contributed by atoms with Crippen molar-refractivity contribution in [1.29, 1.82) is 0 Å². The van der Waals surface area contributed by atoms with E-state index in [1.54, 1.807) is 14.0 Å². The quantitative estimate of drug-likeness (QED) is 0.826. The van der Waals surface area contributed by atoms with Crippen molar-refractivity contribution in [3.8, 4) is 5.75 Å². The summed E-state index contributed by atoms with van der Waals surface area (Å²) in [6.45, 7) is 3.41. The number of amides is 1. The second-order valence-corrected chi connectivity index (χ2v) is 5.42. The van der Waals surface area contributed by atoms with Gasteiger partial charge in [0, 0.05) is 25.6 Å². The molecule has 2 N–H and O–H groups in total. The van der Waals surface area contributed by atoms with Gasteiger partial charge in [-0.15, -0.1) is 0 Å². The maximum Gasteiger partial charge on any atom is 0.251 e. The molecule has 2 atom stereocenters. The smallest absolute Gasteiger partial charge is 0.251 e. The number of aryl methyl sites for hydroxylation is 1. The van der Waals surface area contributed by atoms with Crippen LogP contribution in [0.1, 0.15) is 23.3 Å². The summed E-state index contributed by atoms with van der Waals surface area (Å²) in [6, 6.07) is 6.81. The Morgan fingerprint density at radius 2 is 2.29 bits per heavy atom. The Balaban J connectivity index is 1.89. The fraction of sp³-hybridized carbons (Fsp3) is 0.438. The zero-order valence-corrected chi connectivity index (χ0v) is 13.6. The standard InChI is InChI=1S/C16H20N4O4/c1-10-18-15(20-24-10)14(11-5-3-4-6-12(11)22-2)19-16(21)13-9-17-7-8-23-13/h3-6,13-14,17H,7-9H2,1-2H3,(H,19,21)/t13-,14-/m1/s1. The van der Waals surface area contributed by atoms with Gasteiger partial charge in [-0.05, 0) is 6.07 Å². The minimum Gasteiger partial charge on any atom is -0.496 e. The average molecular weight is 332 g/mol. The number of nitrogens with zero attached hydrogens (tertiary/aromatic N) is 2. The van der Waals surface area contributed by atoms with E-state index in [0.717, 1.165) is 12.1 Å². The molecule has 1 amide bonds. The highest BCUT2D eigenvalue weighted by atomic mass is 16.5. The number of carbonyl (C=O) groups is 1. The lowest BCUT2D eigenvalue weighted by atomic mass is 10.0. The SMILES string of the molecule is COc1ccccc1[C@@H](NC(=O)[C@H]1CNCCO1)c1noc(C)n1. The fourth-order valence-electron chi connectivity index (χ4n) is 2.59. The van der Waals surface area contributed by atoms with E-state index in [-0.39, 0.29) is 5.91 Å². The number of rotatable bonds is 5. The second kappa shape index (κ2) is 7.41. The summed E-state index contributed by atoms with van der Waals surface area (Å²) in [5.74, 6) is 1.19. The molecule has 0 saturated carbocycles. The van der Waals surface area contributed by atoms with E-state index in [1.165, 1.54) is 0 Å². The van der Waals surface area contributed by atoms with Crippen LogP contribution in [-0.2, 0) is 9.53 Å². The molecule has 1 aromatic heterocycles. The molecule has 0 unspecified atom stereocenters. The third-order valence-electron chi connectivity index (χ3n) is 3.76. The largest absolute Gasteiger partial charge is 0.496 e. The molecular formula is C16H20N4O4. The van der Waals surface area contributed by atoms with E-state index >= 15 is 0 Å². The van der Waals surface area contributed by atoms with Crippen LogP contribution in [0.5, 0.6) is 5.75 Å². The molecule has 0 spiro atoms. The van der Waals surface area contributed by atoms with Gasteiger partial charge in [0.2, 0.25) is 5.89 Å². The molecule has 0 radical (unpaired) electrons. The third kappa shape index (κ3) is 3.55. The molecule has 8 nitrogen and oxygen atoms in total. The summed E-state index contributed by atoms with van der Waals surface area (Å²) in [6.07, 6.45) is -0.552. The predicted octanol–water partition coefficient (Wildman–Crippen LogP) is 0.581. The van der Waals surface area contributed by atoms with Crippen LogP contribution < -0.4 is 15.4 Å². The summed E-state index contributed by atoms with van der Waals surface area (Å²) >= 11 is 0. The van der Waals surface area contributed by atoms with Crippen molar-refractivity contribution in [1.82, 2.24) is 20.8 Å². The van der Waals surface area contributed by atoms with Crippen LogP contribution in [-0.4, -0.2) is 49.0 Å². The monoisotopic (exact) mass is 332 g/mol. The molecule has 3 rings (SSSR count). The molecular weight excluding hydrogens is 312 g/mol. The lowest BCUT2D eigenvalue weighted by Gasteiger charge is -2.25. The molecule has 1 aliphatic rings. The zero-order chi connectivity index (χ0) is 16.9. The minimum absolute atomic E-state index is 0.236. The van der Waals surface area contributed by atoms with Crippen molar-refractivity contribution in [2.75, 3.05) is 26.8 Å². The van der Waals surface area contributed by atoms with Crippen LogP contribution in [0.3, 0.4) is 0 Å². The van der Waals surface area contributed by atoms with Crippen molar-refractivity contribution in [3.05, 3.63) is 41.5 Å². The highest BCUT2D eigenvalue weighted by Gasteiger charge is 2.29. The Bertz CT molecular complexity index is 697. The van der Waals surface area contributed by atoms with E-state index in [0.29, 0.717) is 30.6 Å². The number of nitrogens with one attached hydrogen (secondary N) is 2. The van der Waals surface area contributed by atoms with E-state index in [9.17, 15) is 4.79 Å². The van der Waals surface area contributed by atoms with Gasteiger partial charge in [0.15, 0.2) is 5.82 Å². The number of methoxy groups -OCH3 is 1. The molecule has 8 heteroatoms. The Hall–Kier alpha value is -2.45. The van der Waals surface area contributed by atoms with Gasteiger partial charge >= 0.3 is 0 Å². The van der Waals surface area contributed by atoms with Crippen molar-refractivity contribution in [2.45, 2.75) is 19.1 Å². The Kier molecular flexibility index (Phi) is 5.07. The molecule has 24 heavy (non-hydrogen) atoms. The molecule has 2 aromatic rings. The summed E-state index contributed by atoms with van der Waals surface area (Å²) in [4.78, 5) is 16.8. The van der Waals surface area contributed by atoms with Crippen molar-refractivity contribution >= 4 is 5.91 Å². The predicted molar refractivity (Wildman–Crippen MR) is 84.6 cm³/mol. The maximum absolute atomic E-state index is 12.6. The number of para-hydroxylation sites is 1. The number of morpholine rings is 1. The van der Waals surface area contributed by atoms with Crippen LogP contribution in [0, 0.1) is 6.92 Å². The Morgan fingerprint density at radius 1 is 1.46 bits per heavy atom. The molecule has 1 aliphatic heterocycles. The molecule has 0 aliphatic carbocycles. The zero-order valence-electron chi connectivity index (χ0n) is 13.6. The lowest BCUT2D eigenvalue weighted by Crippen LogP contribution is -2.48. The molecule has 1 saturated heterocycles. The minimum atomic E-state index is -0.586. The number of hydrogen-bond acceptors (Lipinski definition) is 7. The number of hydrogen-bond donors (Lipinski definition) is 2. The summed E-state index contributed by atoms with van der Waals surface area (Å²) in [7, 11) is 1.58. The summed E-state index contributed by atoms with van der Waals surface area (Å²) in [5, 5.41) is 10.0. The van der Waals surface area contributed by atoms with Crippen LogP contribution in [0.25, 0.3) is 0 Å². The van der Waals surface area contributed by atoms with Crippen molar-refractivity contribution in [3.63, 3.8) is 0 Å². The van der Waals surface area contributed by atoms with Crippen LogP contribution in [0.4, 0.5) is 0 Å². The first kappa shape index (κ1) is 16.4. The van der Waals surface area contributed by atoms with Crippen molar-refractivity contribution < 1.29 is 18.8 Å². The molecule has 0 bridgehead atoms. The maximum atomic E-state index is 12.6. The van der Waals surface area contributed by atoms with Crippen LogP contribution in [0.15, 0.2) is 28.8 Å². The number of carbonyl (C=O) groups excluding carboxylic acids is 1. The van der Waals surface area contributed by atoms with Gasteiger partial charge in [-0.1, -0.05) is 23.4 Å². The van der Waals surface area contributed by atoms with Crippen LogP contribution in [0.2, 0.25) is 0 Å². The van der Waals surface area contributed by atoms with Gasteiger partial charge in [-0.25, -0.2) is 0 Å². The second-order valence-electron chi connectivity index (χ2n) is 5.42. The van der Waals surface area contributed by atoms with Gasteiger partial charge in [0.05, 0.1) is 13.7 Å². The number of ether oxygens (including phenoxy) is 2. The lowest BCUT2D eigenvalue weighted by molar-refractivity contribution is -0.134. The van der Waals surface area contributed by atoms with E-state index in [1.807, 2.05) is 24.3 Å². The average Bonchev–Trinajstić information content (AvgIpc) is 3.06. The van der Waals surface area contributed by atoms with Gasteiger partial charge in [0.1, 0.15) is 17.9 Å². The van der Waals surface area contributed by atoms with E-state index in [4.69, 9.17) is 14.0 Å². The van der Waals surface area contributed by atoms with Crippen LogP contribution >= 0.6 is 0 Å². The molecule has 128 valence electrons. The first-order valence-electron chi connectivity index (χ1n) is 7.75. The summed E-state index contributed by atoms with van der Waals surface area (Å²) < 4.78 is 16.0. The van der Waals surface area contributed by atoms with E-state index in [2.05, 4.69) is 20.8 Å². The third-order valence-corrected chi connectivity index (χ3v) is 3.76. The highest BCUT2D eigenvalue weighted by Crippen LogP contribution is 2.28. The number of aromatic nitrogens is 2. The van der Waals surface area contributed by atoms with Gasteiger partial charge in [-0.3, -0.25) is 4.79 Å². The van der Waals surface area contributed by atoms with Gasteiger partial charge in [0.25, 0.3) is 5.91 Å². The Labute approximate surface area is 139 Å². The molecule has 1 fully saturated rings. The van der Waals surface area contributed by atoms with Crippen molar-refractivity contribution in [2.24, 2.45) is 0 Å². The first-order chi connectivity index (χ1) is 11.7. The topological polar surface area (TPSA) is 98.5 Å². The highest BCUT2D eigenvalue weighted by molar-refractivity contribution is 5.82. The number of benzene rings is 1. The molecule has 2 heterocycles. The van der Waals surface area contributed by atoms with E-state index < -0.39 is 12.1 Å². The van der Waals surface area contributed by atoms with Gasteiger partial charge < -0.3 is 24.6 Å². The fourth-order valence-corrected chi connectivity index (χ4v) is 2.59.